The maximum atomic E-state index is 12.7. The van der Waals surface area contributed by atoms with Crippen LogP contribution in [0.1, 0.15) is 57.2 Å². The van der Waals surface area contributed by atoms with Crippen molar-refractivity contribution in [3.8, 4) is 6.07 Å². The number of ketones is 1. The number of aliphatic hydroxyl groups is 1. The number of benzene rings is 1. The highest BCUT2D eigenvalue weighted by molar-refractivity contribution is 5.96. The summed E-state index contributed by atoms with van der Waals surface area (Å²) in [5, 5.41) is 20.2. The standard InChI is InChI=1S/C25H27NO2/c1-14(2)23(19(7)27)25(21-9-8-20(13-26)12-17(21)5)24-18(6)16(4)10-15(3)11-22(24)28/h8-12,25,28H,3H2,1-2,4-7H3. The molecule has 3 heteroatoms. The Kier molecular flexibility index (Phi) is 6.26. The first-order chi connectivity index (χ1) is 13.1. The topological polar surface area (TPSA) is 61.1 Å². The predicted octanol–water partition coefficient (Wildman–Crippen LogP) is 6.15. The second kappa shape index (κ2) is 8.27. The summed E-state index contributed by atoms with van der Waals surface area (Å²) >= 11 is 0. The highest BCUT2D eigenvalue weighted by Crippen LogP contribution is 2.42. The normalized spacial score (nSPS) is 15.2. The third-order valence-corrected chi connectivity index (χ3v) is 5.20. The van der Waals surface area contributed by atoms with Crippen LogP contribution in [0.3, 0.4) is 0 Å². The number of allylic oxidation sites excluding steroid dienone is 8. The van der Waals surface area contributed by atoms with Crippen LogP contribution in [0.5, 0.6) is 0 Å². The average Bonchev–Trinajstić information content (AvgIpc) is 2.68. The summed E-state index contributed by atoms with van der Waals surface area (Å²) in [5.74, 6) is -0.350. The van der Waals surface area contributed by atoms with E-state index in [4.69, 9.17) is 0 Å². The number of Topliss-reactive ketones (excluding diaryl/α,β-unsaturated/α-hetero) is 1. The number of nitriles is 1. The molecule has 28 heavy (non-hydrogen) atoms. The fourth-order valence-corrected chi connectivity index (χ4v) is 3.82. The molecule has 0 radical (unpaired) electrons. The quantitative estimate of drug-likeness (QED) is 0.644. The van der Waals surface area contributed by atoms with Crippen LogP contribution in [0.25, 0.3) is 0 Å². The van der Waals surface area contributed by atoms with Gasteiger partial charge in [-0.05, 0) is 87.6 Å². The van der Waals surface area contributed by atoms with Gasteiger partial charge in [-0.1, -0.05) is 24.3 Å². The summed E-state index contributed by atoms with van der Waals surface area (Å²) < 4.78 is 0. The van der Waals surface area contributed by atoms with Crippen molar-refractivity contribution in [1.82, 2.24) is 0 Å². The number of carbonyl (C=O) groups excluding carboxylic acids is 1. The van der Waals surface area contributed by atoms with Crippen molar-refractivity contribution in [1.29, 1.82) is 5.26 Å². The van der Waals surface area contributed by atoms with Crippen LogP contribution in [0.15, 0.2) is 76.1 Å². The van der Waals surface area contributed by atoms with Crippen molar-refractivity contribution in [2.24, 2.45) is 0 Å². The SMILES string of the molecule is C=C1C=C(C)C(C)=C(C(C(C(C)=O)=C(C)C)c2ccc(C#N)cc2C)C(O)=C1. The molecular formula is C25H27NO2. The zero-order valence-electron chi connectivity index (χ0n) is 17.5. The van der Waals surface area contributed by atoms with Gasteiger partial charge in [0.15, 0.2) is 5.78 Å². The summed E-state index contributed by atoms with van der Waals surface area (Å²) in [6, 6.07) is 7.62. The molecule has 0 bridgehead atoms. The van der Waals surface area contributed by atoms with Gasteiger partial charge >= 0.3 is 0 Å². The zero-order valence-corrected chi connectivity index (χ0v) is 17.5. The zero-order chi connectivity index (χ0) is 21.2. The molecule has 0 amide bonds. The molecule has 144 valence electrons. The summed E-state index contributed by atoms with van der Waals surface area (Å²) in [5.41, 5.74) is 7.25. The van der Waals surface area contributed by atoms with Crippen molar-refractivity contribution in [3.63, 3.8) is 0 Å². The molecule has 0 saturated carbocycles. The lowest BCUT2D eigenvalue weighted by Gasteiger charge is -2.27. The Hall–Kier alpha value is -3.12. The van der Waals surface area contributed by atoms with Crippen LogP contribution >= 0.6 is 0 Å². The van der Waals surface area contributed by atoms with Gasteiger partial charge in [0.25, 0.3) is 0 Å². The second-order valence-electron chi connectivity index (χ2n) is 7.56. The Morgan fingerprint density at radius 1 is 1.14 bits per heavy atom. The van der Waals surface area contributed by atoms with E-state index in [9.17, 15) is 15.2 Å². The summed E-state index contributed by atoms with van der Waals surface area (Å²) in [6.07, 6.45) is 3.57. The summed E-state index contributed by atoms with van der Waals surface area (Å²) in [4.78, 5) is 12.7. The van der Waals surface area contributed by atoms with E-state index in [1.165, 1.54) is 0 Å². The predicted molar refractivity (Wildman–Crippen MR) is 114 cm³/mol. The van der Waals surface area contributed by atoms with E-state index in [1.54, 1.807) is 19.1 Å². The molecule has 0 aliphatic heterocycles. The lowest BCUT2D eigenvalue weighted by Crippen LogP contribution is -2.17. The molecule has 1 unspecified atom stereocenters. The number of aryl methyl sites for hydroxylation is 1. The number of rotatable bonds is 4. The van der Waals surface area contributed by atoms with Gasteiger partial charge in [0.1, 0.15) is 5.76 Å². The minimum Gasteiger partial charge on any atom is -0.508 e. The molecule has 1 aliphatic carbocycles. The van der Waals surface area contributed by atoms with E-state index < -0.39 is 5.92 Å². The van der Waals surface area contributed by atoms with Gasteiger partial charge in [0, 0.05) is 17.1 Å². The highest BCUT2D eigenvalue weighted by Gasteiger charge is 2.31. The van der Waals surface area contributed by atoms with Crippen molar-refractivity contribution in [3.05, 3.63) is 92.8 Å². The lowest BCUT2D eigenvalue weighted by molar-refractivity contribution is -0.113. The van der Waals surface area contributed by atoms with E-state index in [2.05, 4.69) is 12.6 Å². The van der Waals surface area contributed by atoms with Gasteiger partial charge in [-0.3, -0.25) is 4.79 Å². The van der Waals surface area contributed by atoms with Crippen molar-refractivity contribution in [2.45, 2.75) is 47.5 Å². The Bertz CT molecular complexity index is 1020. The molecule has 0 heterocycles. The Morgan fingerprint density at radius 3 is 2.29 bits per heavy atom. The molecule has 0 aromatic heterocycles. The molecular weight excluding hydrogens is 346 g/mol. The third-order valence-electron chi connectivity index (χ3n) is 5.20. The van der Waals surface area contributed by atoms with Gasteiger partial charge in [0.05, 0.1) is 11.6 Å². The third kappa shape index (κ3) is 4.07. The van der Waals surface area contributed by atoms with E-state index in [-0.39, 0.29) is 11.5 Å². The Balaban J connectivity index is 2.94. The van der Waals surface area contributed by atoms with Gasteiger partial charge in [-0.2, -0.15) is 5.26 Å². The maximum absolute atomic E-state index is 12.7. The van der Waals surface area contributed by atoms with Crippen LogP contribution in [0, 0.1) is 18.3 Å². The molecule has 0 saturated heterocycles. The maximum Gasteiger partial charge on any atom is 0.156 e. The first-order valence-electron chi connectivity index (χ1n) is 9.26. The largest absolute Gasteiger partial charge is 0.508 e. The molecule has 2 rings (SSSR count). The van der Waals surface area contributed by atoms with Gasteiger partial charge in [-0.15, -0.1) is 0 Å². The fourth-order valence-electron chi connectivity index (χ4n) is 3.82. The number of hydrogen-bond acceptors (Lipinski definition) is 3. The number of carbonyl (C=O) groups is 1. The van der Waals surface area contributed by atoms with Crippen molar-refractivity contribution < 1.29 is 9.90 Å². The van der Waals surface area contributed by atoms with Gasteiger partial charge in [-0.25, -0.2) is 0 Å². The van der Waals surface area contributed by atoms with E-state index in [1.807, 2.05) is 52.8 Å². The minimum atomic E-state index is -0.430. The molecule has 1 aliphatic rings. The number of hydrogen-bond donors (Lipinski definition) is 1. The van der Waals surface area contributed by atoms with Crippen LogP contribution in [-0.2, 0) is 4.79 Å². The van der Waals surface area contributed by atoms with E-state index in [0.29, 0.717) is 22.3 Å². The van der Waals surface area contributed by atoms with Crippen LogP contribution in [0.2, 0.25) is 0 Å². The lowest BCUT2D eigenvalue weighted by atomic mass is 9.76. The van der Waals surface area contributed by atoms with Crippen LogP contribution in [0.4, 0.5) is 0 Å². The Morgan fingerprint density at radius 2 is 1.79 bits per heavy atom. The molecule has 0 spiro atoms. The summed E-state index contributed by atoms with van der Waals surface area (Å²) in [7, 11) is 0. The number of nitrogens with zero attached hydrogens (tertiary/aromatic N) is 1. The molecule has 1 aromatic rings. The first kappa shape index (κ1) is 21.2. The van der Waals surface area contributed by atoms with E-state index in [0.717, 1.165) is 27.8 Å². The molecule has 1 aromatic carbocycles. The van der Waals surface area contributed by atoms with Crippen molar-refractivity contribution in [2.75, 3.05) is 0 Å². The molecule has 1 atom stereocenters. The fraction of sp³-hybridized carbons (Fsp3) is 0.280. The number of aliphatic hydroxyl groups excluding tert-OH is 1. The smallest absolute Gasteiger partial charge is 0.156 e. The second-order valence-corrected chi connectivity index (χ2v) is 7.56. The van der Waals surface area contributed by atoms with Gasteiger partial charge < -0.3 is 5.11 Å². The summed E-state index contributed by atoms with van der Waals surface area (Å²) in [6.45, 7) is 15.2. The average molecular weight is 373 g/mol. The minimum absolute atomic E-state index is 0.0356. The Labute approximate surface area is 167 Å². The highest BCUT2D eigenvalue weighted by atomic mass is 16.3. The van der Waals surface area contributed by atoms with Gasteiger partial charge in [0.2, 0.25) is 0 Å². The molecule has 3 nitrogen and oxygen atoms in total. The monoisotopic (exact) mass is 373 g/mol. The molecule has 0 fully saturated rings. The van der Waals surface area contributed by atoms with Crippen molar-refractivity contribution >= 4 is 5.78 Å². The van der Waals surface area contributed by atoms with E-state index >= 15 is 0 Å². The first-order valence-corrected chi connectivity index (χ1v) is 9.26. The van der Waals surface area contributed by atoms with Crippen LogP contribution < -0.4 is 0 Å². The van der Waals surface area contributed by atoms with Crippen LogP contribution in [-0.4, -0.2) is 10.9 Å². The molecule has 1 N–H and O–H groups in total.